The van der Waals surface area contributed by atoms with E-state index in [9.17, 15) is 35.9 Å². The number of benzene rings is 2. The largest absolute Gasteiger partial charge is 0.434 e. The van der Waals surface area contributed by atoms with E-state index in [0.29, 0.717) is 4.90 Å². The normalized spacial score (nSPS) is 14.1. The highest BCUT2D eigenvalue weighted by Gasteiger charge is 2.60. The van der Waals surface area contributed by atoms with Crippen molar-refractivity contribution in [2.24, 2.45) is 0 Å². The number of rotatable bonds is 4. The monoisotopic (exact) mass is 526 g/mol. The molecule has 196 valence electrons. The minimum atomic E-state index is -5.85. The molecular formula is C24H20F6N4O3. The van der Waals surface area contributed by atoms with Crippen molar-refractivity contribution in [2.75, 3.05) is 12.3 Å². The van der Waals surface area contributed by atoms with Gasteiger partial charge in [-0.1, -0.05) is 60.7 Å². The molecule has 3 aromatic rings. The van der Waals surface area contributed by atoms with Crippen LogP contribution in [0.3, 0.4) is 0 Å². The van der Waals surface area contributed by atoms with Crippen LogP contribution in [0.4, 0.5) is 37.1 Å². The lowest BCUT2D eigenvalue weighted by Gasteiger charge is -2.31. The fourth-order valence-corrected chi connectivity index (χ4v) is 4.18. The highest BCUT2D eigenvalue weighted by Crippen LogP contribution is 2.36. The Kier molecular flexibility index (Phi) is 6.89. The smallest absolute Gasteiger partial charge is 0.426 e. The van der Waals surface area contributed by atoms with Crippen molar-refractivity contribution in [3.05, 3.63) is 93.4 Å². The van der Waals surface area contributed by atoms with Crippen LogP contribution in [-0.2, 0) is 17.7 Å². The van der Waals surface area contributed by atoms with Crippen LogP contribution in [0, 0.1) is 0 Å². The molecule has 0 unspecified atom stereocenters. The minimum absolute atomic E-state index is 0.0302. The lowest BCUT2D eigenvalue weighted by molar-refractivity contribution is -0.308. The number of alkyl halides is 6. The first-order chi connectivity index (χ1) is 17.4. The zero-order valence-electron chi connectivity index (χ0n) is 19.0. The number of aromatic nitrogens is 2. The van der Waals surface area contributed by atoms with Gasteiger partial charge in [-0.2, -0.15) is 26.3 Å². The van der Waals surface area contributed by atoms with Gasteiger partial charge in [-0.25, -0.2) is 9.78 Å². The molecule has 0 spiro atoms. The van der Waals surface area contributed by atoms with E-state index in [1.165, 1.54) is 4.57 Å². The van der Waals surface area contributed by atoms with E-state index in [1.54, 1.807) is 60.7 Å². The summed E-state index contributed by atoms with van der Waals surface area (Å²) in [6.07, 6.45) is -18.0. The summed E-state index contributed by atoms with van der Waals surface area (Å²) < 4.78 is 81.8. The number of hydrogen-bond acceptors (Lipinski definition) is 5. The molecule has 13 heteroatoms. The maximum atomic E-state index is 13.6. The van der Waals surface area contributed by atoms with Gasteiger partial charge in [-0.15, -0.1) is 0 Å². The predicted molar refractivity (Wildman–Crippen MR) is 120 cm³/mol. The molecule has 1 amide bonds. The van der Waals surface area contributed by atoms with Crippen LogP contribution in [-0.4, -0.2) is 45.5 Å². The zero-order valence-corrected chi connectivity index (χ0v) is 19.0. The Balaban J connectivity index is 1.68. The quantitative estimate of drug-likeness (QED) is 0.508. The SMILES string of the molecule is Nc1nc2c(c(=O)n1C(c1ccccc1)c1ccccc1)CCN(C(=O)OC(C(F)(F)F)C(F)(F)F)C2. The fraction of sp³-hybridized carbons (Fsp3) is 0.292. The van der Waals surface area contributed by atoms with Crippen molar-refractivity contribution in [3.8, 4) is 0 Å². The maximum Gasteiger partial charge on any atom is 0.434 e. The first-order valence-corrected chi connectivity index (χ1v) is 11.0. The first-order valence-electron chi connectivity index (χ1n) is 11.0. The number of hydrogen-bond donors (Lipinski definition) is 1. The fourth-order valence-electron chi connectivity index (χ4n) is 4.18. The summed E-state index contributed by atoms with van der Waals surface area (Å²) in [5.74, 6) is -0.236. The third-order valence-corrected chi connectivity index (χ3v) is 5.85. The van der Waals surface area contributed by atoms with Gasteiger partial charge in [0.25, 0.3) is 11.7 Å². The average Bonchev–Trinajstić information content (AvgIpc) is 2.84. The standard InChI is InChI=1S/C24H20F6N4O3/c25-23(26,27)20(24(28,29)30)37-22(36)33-12-11-16-17(13-33)32-21(31)34(19(16)35)18(14-7-3-1-4-8-14)15-9-5-2-6-10-15/h1-10,18,20H,11-13H2,(H2,31,32). The Bertz CT molecular complexity index is 1270. The van der Waals surface area contributed by atoms with Gasteiger partial charge in [0, 0.05) is 12.1 Å². The summed E-state index contributed by atoms with van der Waals surface area (Å²) >= 11 is 0. The molecule has 0 bridgehead atoms. The number of carbonyl (C=O) groups excluding carboxylic acids is 1. The second-order valence-electron chi connectivity index (χ2n) is 8.31. The van der Waals surface area contributed by atoms with Crippen molar-refractivity contribution in [1.82, 2.24) is 14.5 Å². The first kappa shape index (κ1) is 26.0. The second-order valence-corrected chi connectivity index (χ2v) is 8.31. The molecule has 2 aromatic carbocycles. The van der Waals surface area contributed by atoms with E-state index in [0.717, 1.165) is 11.1 Å². The van der Waals surface area contributed by atoms with Gasteiger partial charge in [0.05, 0.1) is 18.3 Å². The van der Waals surface area contributed by atoms with Gasteiger partial charge in [-0.3, -0.25) is 9.36 Å². The van der Waals surface area contributed by atoms with Gasteiger partial charge in [0.1, 0.15) is 0 Å². The number of anilines is 1. The Morgan fingerprint density at radius 3 is 1.92 bits per heavy atom. The molecule has 0 saturated carbocycles. The van der Waals surface area contributed by atoms with Gasteiger partial charge in [0.2, 0.25) is 5.95 Å². The van der Waals surface area contributed by atoms with Crippen LogP contribution >= 0.6 is 0 Å². The van der Waals surface area contributed by atoms with Gasteiger partial charge in [0.15, 0.2) is 0 Å². The van der Waals surface area contributed by atoms with Gasteiger partial charge in [-0.05, 0) is 17.5 Å². The van der Waals surface area contributed by atoms with Crippen LogP contribution < -0.4 is 11.3 Å². The predicted octanol–water partition coefficient (Wildman–Crippen LogP) is 4.45. The van der Waals surface area contributed by atoms with E-state index in [1.807, 2.05) is 0 Å². The van der Waals surface area contributed by atoms with E-state index in [2.05, 4.69) is 9.72 Å². The van der Waals surface area contributed by atoms with E-state index >= 15 is 0 Å². The highest BCUT2D eigenvalue weighted by molar-refractivity contribution is 5.68. The minimum Gasteiger partial charge on any atom is -0.426 e. The Hall–Kier alpha value is -4.03. The summed E-state index contributed by atoms with van der Waals surface area (Å²) in [5, 5.41) is 0. The molecule has 0 atom stereocenters. The Morgan fingerprint density at radius 1 is 0.919 bits per heavy atom. The Labute approximate surface area is 206 Å². The third kappa shape index (κ3) is 5.39. The average molecular weight is 526 g/mol. The number of nitrogens with zero attached hydrogens (tertiary/aromatic N) is 3. The zero-order chi connectivity index (χ0) is 27.0. The summed E-state index contributed by atoms with van der Waals surface area (Å²) in [4.78, 5) is 30.6. The van der Waals surface area contributed by atoms with E-state index in [4.69, 9.17) is 5.73 Å². The van der Waals surface area contributed by atoms with Crippen molar-refractivity contribution in [3.63, 3.8) is 0 Å². The van der Waals surface area contributed by atoms with Crippen LogP contribution in [0.5, 0.6) is 0 Å². The molecule has 37 heavy (non-hydrogen) atoms. The van der Waals surface area contributed by atoms with Crippen LogP contribution in [0.2, 0.25) is 0 Å². The second kappa shape index (κ2) is 9.79. The van der Waals surface area contributed by atoms with Crippen molar-refractivity contribution in [2.45, 2.75) is 37.5 Å². The molecule has 7 nitrogen and oxygen atoms in total. The number of amides is 1. The highest BCUT2D eigenvalue weighted by atomic mass is 19.4. The number of nitrogens with two attached hydrogens (primary N) is 1. The molecule has 0 aliphatic carbocycles. The number of halogens is 6. The molecule has 4 rings (SSSR count). The maximum absolute atomic E-state index is 13.6. The molecule has 1 aromatic heterocycles. The molecule has 2 N–H and O–H groups in total. The lowest BCUT2D eigenvalue weighted by atomic mass is 9.97. The van der Waals surface area contributed by atoms with Crippen LogP contribution in [0.25, 0.3) is 0 Å². The third-order valence-electron chi connectivity index (χ3n) is 5.85. The molecule has 1 aliphatic rings. The molecule has 0 saturated heterocycles. The molecule has 1 aliphatic heterocycles. The number of carbonyl (C=O) groups is 1. The molecule has 0 fully saturated rings. The van der Waals surface area contributed by atoms with Gasteiger partial charge < -0.3 is 15.4 Å². The summed E-state index contributed by atoms with van der Waals surface area (Å²) in [5.41, 5.74) is 7.21. The van der Waals surface area contributed by atoms with Crippen LogP contribution in [0.15, 0.2) is 65.5 Å². The van der Waals surface area contributed by atoms with Gasteiger partial charge >= 0.3 is 18.4 Å². The number of fused-ring (bicyclic) bond motifs is 1. The topological polar surface area (TPSA) is 90.5 Å². The summed E-state index contributed by atoms with van der Waals surface area (Å²) in [6.45, 7) is -0.894. The molecular weight excluding hydrogens is 506 g/mol. The van der Waals surface area contributed by atoms with Crippen molar-refractivity contribution in [1.29, 1.82) is 0 Å². The molecule has 2 heterocycles. The lowest BCUT2D eigenvalue weighted by Crippen LogP contribution is -2.49. The van der Waals surface area contributed by atoms with Crippen LogP contribution in [0.1, 0.15) is 28.4 Å². The summed E-state index contributed by atoms with van der Waals surface area (Å²) in [6, 6.07) is 17.3. The van der Waals surface area contributed by atoms with E-state index < -0.39 is 42.7 Å². The summed E-state index contributed by atoms with van der Waals surface area (Å²) in [7, 11) is 0. The molecule has 0 radical (unpaired) electrons. The Morgan fingerprint density at radius 2 is 1.43 bits per heavy atom. The number of nitrogen functional groups attached to an aromatic ring is 1. The van der Waals surface area contributed by atoms with E-state index in [-0.39, 0.29) is 30.2 Å². The van der Waals surface area contributed by atoms with Crippen molar-refractivity contribution < 1.29 is 35.9 Å². The van der Waals surface area contributed by atoms with Crippen molar-refractivity contribution >= 4 is 12.0 Å². The number of ether oxygens (including phenoxy) is 1.